The van der Waals surface area contributed by atoms with E-state index >= 15 is 0 Å². The molecule has 3 aromatic carbocycles. The second-order valence-corrected chi connectivity index (χ2v) is 17.3. The van der Waals surface area contributed by atoms with Crippen LogP contribution in [0.1, 0.15) is 104 Å². The molecule has 1 unspecified atom stereocenters. The number of nitrogens with one attached hydrogen (secondary N) is 2. The summed E-state index contributed by atoms with van der Waals surface area (Å²) < 4.78 is 46.2. The average molecular weight is 905 g/mol. The number of aliphatic imine (C=N–C) groups is 1. The van der Waals surface area contributed by atoms with Crippen molar-refractivity contribution in [3.63, 3.8) is 0 Å². The Morgan fingerprint density at radius 3 is 2.21 bits per heavy atom. The number of carboxylic acid groups (broad SMARTS) is 1. The fourth-order valence-corrected chi connectivity index (χ4v) is 9.16. The van der Waals surface area contributed by atoms with Crippen molar-refractivity contribution in [3.05, 3.63) is 125 Å². The molecule has 0 radical (unpaired) electrons. The van der Waals surface area contributed by atoms with Gasteiger partial charge in [0, 0.05) is 66.1 Å². The van der Waals surface area contributed by atoms with Crippen LogP contribution in [0.25, 0.3) is 17.0 Å². The molecule has 346 valence electrons. The highest BCUT2D eigenvalue weighted by Gasteiger charge is 2.34. The number of hydrogen-bond donors (Lipinski definition) is 3. The number of alkyl halides is 3. The maximum atomic E-state index is 14.1. The summed E-state index contributed by atoms with van der Waals surface area (Å²) in [5.41, 5.74) is 3.42. The van der Waals surface area contributed by atoms with E-state index in [1.165, 1.54) is 92.5 Å². The number of aromatic nitrogens is 2. The van der Waals surface area contributed by atoms with Crippen molar-refractivity contribution < 1.29 is 42.2 Å². The standard InChI is InChI=1S/C51H55F3N6O6/c1-3-32-6-10-34(11-7-32)35-14-16-36(17-15-35)40-28-56-48(57-29-40)37-12-8-33(9-13-37)30-60(31-47(62)59-45(50(64)65)26-42-5-4-24-55-42)49(63)38-18-21-41(22-19-38)58-46(61)25-39-20-23-43(66-2)27-44(39)51(52,53)54/h5,8-9,12-13,16,18-24,27-29,32,34-35,45H,3-4,6-7,10-11,14-15,17,25-26,30-31H2,1-2H3,(H,58,61)(H,59,62)(H,64,65)/t32?,34?,35?,45-/m0/s1. The maximum Gasteiger partial charge on any atom is 0.416 e. The number of ether oxygens (including phenoxy) is 1. The van der Waals surface area contributed by atoms with E-state index in [-0.39, 0.29) is 35.5 Å². The maximum absolute atomic E-state index is 14.1. The van der Waals surface area contributed by atoms with Crippen molar-refractivity contribution in [2.45, 2.75) is 96.3 Å². The average Bonchev–Trinajstić information content (AvgIpc) is 3.84. The highest BCUT2D eigenvalue weighted by atomic mass is 19.4. The molecule has 1 saturated carbocycles. The molecule has 0 bridgehead atoms. The molecule has 4 aromatic rings. The molecule has 0 saturated heterocycles. The van der Waals surface area contributed by atoms with Gasteiger partial charge in [-0.1, -0.05) is 68.7 Å². The van der Waals surface area contributed by atoms with Gasteiger partial charge in [-0.2, -0.15) is 13.2 Å². The van der Waals surface area contributed by atoms with Crippen LogP contribution in [0.4, 0.5) is 18.9 Å². The molecule has 2 heterocycles. The Balaban J connectivity index is 1.02. The predicted octanol–water partition coefficient (Wildman–Crippen LogP) is 9.71. The Morgan fingerprint density at radius 2 is 1.61 bits per heavy atom. The van der Waals surface area contributed by atoms with E-state index in [1.807, 2.05) is 24.5 Å². The fourth-order valence-electron chi connectivity index (χ4n) is 9.16. The third kappa shape index (κ3) is 12.4. The number of halogens is 3. The van der Waals surface area contributed by atoms with Gasteiger partial charge < -0.3 is 25.4 Å². The zero-order chi connectivity index (χ0) is 46.8. The van der Waals surface area contributed by atoms with Gasteiger partial charge in [0.15, 0.2) is 5.82 Å². The van der Waals surface area contributed by atoms with Gasteiger partial charge >= 0.3 is 12.1 Å². The SMILES string of the molecule is CCC1CCC(C2CC=C(c3cnc(-c4ccc(CN(CC(=O)N[C@@H](CC5=CCC=N5)C(=O)O)C(=O)c5ccc(NC(=O)Cc6ccc(OC)cc6C(F)(F)F)cc5)cc4)nc3)CC2)CC1. The monoisotopic (exact) mass is 904 g/mol. The number of rotatable bonds is 17. The summed E-state index contributed by atoms with van der Waals surface area (Å²) in [4.78, 5) is 67.3. The van der Waals surface area contributed by atoms with Gasteiger partial charge in [0.1, 0.15) is 18.3 Å². The van der Waals surface area contributed by atoms with E-state index in [1.54, 1.807) is 24.4 Å². The second-order valence-electron chi connectivity index (χ2n) is 17.3. The minimum absolute atomic E-state index is 0.00313. The lowest BCUT2D eigenvalue weighted by molar-refractivity contribution is -0.142. The summed E-state index contributed by atoms with van der Waals surface area (Å²) in [5, 5.41) is 15.0. The molecule has 3 amide bonds. The minimum atomic E-state index is -4.71. The van der Waals surface area contributed by atoms with Crippen LogP contribution in [0, 0.1) is 17.8 Å². The van der Waals surface area contributed by atoms with Crippen LogP contribution in [0.15, 0.2) is 102 Å². The zero-order valence-corrected chi connectivity index (χ0v) is 37.2. The van der Waals surface area contributed by atoms with E-state index in [0.717, 1.165) is 47.8 Å². The molecule has 12 nitrogen and oxygen atoms in total. The number of carboxylic acids is 1. The fraction of sp³-hybridized carbons (Fsp3) is 0.392. The zero-order valence-electron chi connectivity index (χ0n) is 37.2. The van der Waals surface area contributed by atoms with Crippen LogP contribution in [0.5, 0.6) is 5.75 Å². The first-order chi connectivity index (χ1) is 31.8. The van der Waals surface area contributed by atoms with E-state index in [0.29, 0.717) is 23.5 Å². The number of hydrogen-bond acceptors (Lipinski definition) is 8. The Kier molecular flexibility index (Phi) is 15.5. The van der Waals surface area contributed by atoms with Gasteiger partial charge in [-0.3, -0.25) is 19.4 Å². The molecular weight excluding hydrogens is 850 g/mol. The second kappa shape index (κ2) is 21.6. The number of anilines is 1. The smallest absolute Gasteiger partial charge is 0.416 e. The number of methoxy groups -OCH3 is 1. The van der Waals surface area contributed by atoms with E-state index in [9.17, 15) is 37.5 Å². The van der Waals surface area contributed by atoms with Crippen molar-refractivity contribution in [1.29, 1.82) is 0 Å². The topological polar surface area (TPSA) is 163 Å². The lowest BCUT2D eigenvalue weighted by atomic mass is 9.71. The van der Waals surface area contributed by atoms with Crippen molar-refractivity contribution in [2.75, 3.05) is 19.0 Å². The quantitative estimate of drug-likeness (QED) is 0.0944. The molecule has 1 aliphatic heterocycles. The molecule has 66 heavy (non-hydrogen) atoms. The summed E-state index contributed by atoms with van der Waals surface area (Å²) in [7, 11) is 1.25. The van der Waals surface area contributed by atoms with Crippen molar-refractivity contribution >= 4 is 41.2 Å². The van der Waals surface area contributed by atoms with Crippen LogP contribution in [-0.2, 0) is 33.5 Å². The van der Waals surface area contributed by atoms with Crippen LogP contribution >= 0.6 is 0 Å². The van der Waals surface area contributed by atoms with Crippen molar-refractivity contribution in [1.82, 2.24) is 20.2 Å². The molecule has 1 aromatic heterocycles. The minimum Gasteiger partial charge on any atom is -0.497 e. The van der Waals surface area contributed by atoms with Crippen molar-refractivity contribution in [2.24, 2.45) is 22.7 Å². The summed E-state index contributed by atoms with van der Waals surface area (Å²) in [5.74, 6) is -0.216. The molecule has 3 aliphatic rings. The number of aliphatic carboxylic acids is 1. The van der Waals surface area contributed by atoms with Crippen LogP contribution < -0.4 is 15.4 Å². The lowest BCUT2D eigenvalue weighted by Crippen LogP contribution is -2.46. The lowest BCUT2D eigenvalue weighted by Gasteiger charge is -2.35. The van der Waals surface area contributed by atoms with Crippen molar-refractivity contribution in [3.8, 4) is 17.1 Å². The highest BCUT2D eigenvalue weighted by molar-refractivity contribution is 5.98. The highest BCUT2D eigenvalue weighted by Crippen LogP contribution is 2.42. The Hall–Kier alpha value is -6.64. The molecule has 7 rings (SSSR count). The Labute approximate surface area is 382 Å². The molecule has 3 N–H and O–H groups in total. The number of amides is 3. The Morgan fingerprint density at radius 1 is 0.879 bits per heavy atom. The predicted molar refractivity (Wildman–Crippen MR) is 245 cm³/mol. The number of carbonyl (C=O) groups excluding carboxylic acids is 3. The van der Waals surface area contributed by atoms with Gasteiger partial charge in [0.25, 0.3) is 5.91 Å². The Bertz CT molecular complexity index is 2460. The van der Waals surface area contributed by atoms with E-state index in [4.69, 9.17) is 4.74 Å². The summed E-state index contributed by atoms with van der Waals surface area (Å²) >= 11 is 0. The van der Waals surface area contributed by atoms with Gasteiger partial charge in [-0.25, -0.2) is 14.8 Å². The molecule has 15 heteroatoms. The van der Waals surface area contributed by atoms with Gasteiger partial charge in [-0.05, 0) is 103 Å². The first-order valence-electron chi connectivity index (χ1n) is 22.5. The number of allylic oxidation sites excluding steroid dienone is 3. The normalized spacial score (nSPS) is 18.7. The summed E-state index contributed by atoms with van der Waals surface area (Å²) in [6, 6.07) is 15.1. The van der Waals surface area contributed by atoms with E-state index in [2.05, 4.69) is 38.6 Å². The van der Waals surface area contributed by atoms with Crippen LogP contribution in [-0.4, -0.2) is 69.6 Å². The molecule has 2 aliphatic carbocycles. The van der Waals surface area contributed by atoms with Crippen LogP contribution in [0.3, 0.4) is 0 Å². The molecule has 1 fully saturated rings. The first-order valence-corrected chi connectivity index (χ1v) is 22.5. The largest absolute Gasteiger partial charge is 0.497 e. The third-order valence-corrected chi connectivity index (χ3v) is 13.0. The van der Waals surface area contributed by atoms with Crippen LogP contribution in [0.2, 0.25) is 0 Å². The van der Waals surface area contributed by atoms with Gasteiger partial charge in [0.2, 0.25) is 11.8 Å². The first kappa shape index (κ1) is 47.3. The van der Waals surface area contributed by atoms with Gasteiger partial charge in [-0.15, -0.1) is 0 Å². The van der Waals surface area contributed by atoms with Gasteiger partial charge in [0.05, 0.1) is 19.1 Å². The molecular formula is C51H55F3N6O6. The summed E-state index contributed by atoms with van der Waals surface area (Å²) in [6.45, 7) is 1.78. The third-order valence-electron chi connectivity index (χ3n) is 13.0. The number of carbonyl (C=O) groups is 4. The molecule has 0 spiro atoms. The number of benzene rings is 3. The summed E-state index contributed by atoms with van der Waals surface area (Å²) in [6.07, 6.45) is 14.8. The number of nitrogens with zero attached hydrogens (tertiary/aromatic N) is 4. The molecule has 2 atom stereocenters. The van der Waals surface area contributed by atoms with E-state index < -0.39 is 54.4 Å².